The number of fused-ring (bicyclic) bond motifs is 1. The Bertz CT molecular complexity index is 2080. The molecule has 4 amide bonds. The zero-order chi connectivity index (χ0) is 39.0. The molecule has 1 aliphatic heterocycles. The first-order valence-electron chi connectivity index (χ1n) is 17.2. The Morgan fingerprint density at radius 3 is 2.43 bits per heavy atom. The van der Waals surface area contributed by atoms with Gasteiger partial charge in [-0.15, -0.1) is 23.1 Å². The third kappa shape index (κ3) is 10.8. The van der Waals surface area contributed by atoms with Crippen LogP contribution in [0.4, 0.5) is 15.5 Å². The first-order chi connectivity index (χ1) is 25.7. The molecule has 14 heteroatoms. The number of nitrogens with zero attached hydrogens (tertiary/aromatic N) is 1. The number of carbonyl (C=O) groups is 5. The van der Waals surface area contributed by atoms with Crippen molar-refractivity contribution in [2.75, 3.05) is 23.8 Å². The largest absolute Gasteiger partial charge is 0.462 e. The molecule has 0 saturated heterocycles. The molecular formula is C40H41BrN4O7S2. The highest BCUT2D eigenvalue weighted by Gasteiger charge is 2.33. The molecule has 54 heavy (non-hydrogen) atoms. The number of thioether (sulfide) groups is 1. The molecule has 1 atom stereocenters. The Kier molecular flexibility index (Phi) is 13.4. The smallest absolute Gasteiger partial charge is 0.410 e. The van der Waals surface area contributed by atoms with E-state index >= 15 is 0 Å². The van der Waals surface area contributed by atoms with E-state index in [2.05, 4.69) is 31.9 Å². The van der Waals surface area contributed by atoms with Crippen molar-refractivity contribution in [2.24, 2.45) is 0 Å². The average Bonchev–Trinajstić information content (AvgIpc) is 3.48. The van der Waals surface area contributed by atoms with Crippen molar-refractivity contribution in [1.82, 2.24) is 10.2 Å². The van der Waals surface area contributed by atoms with Crippen LogP contribution in [-0.2, 0) is 32.0 Å². The van der Waals surface area contributed by atoms with Crippen LogP contribution in [0.25, 0.3) is 6.08 Å². The van der Waals surface area contributed by atoms with Crippen LogP contribution in [0, 0.1) is 0 Å². The quantitative estimate of drug-likeness (QED) is 0.0776. The summed E-state index contributed by atoms with van der Waals surface area (Å²) in [5.74, 6) is -1.85. The van der Waals surface area contributed by atoms with Gasteiger partial charge in [0.05, 0.1) is 24.0 Å². The molecule has 3 N–H and O–H groups in total. The molecule has 4 aromatic rings. The lowest BCUT2D eigenvalue weighted by Crippen LogP contribution is -2.39. The van der Waals surface area contributed by atoms with Gasteiger partial charge in [-0.1, -0.05) is 52.3 Å². The normalized spacial score (nSPS) is 13.3. The minimum Gasteiger partial charge on any atom is -0.462 e. The van der Waals surface area contributed by atoms with E-state index in [0.29, 0.717) is 45.2 Å². The van der Waals surface area contributed by atoms with E-state index < -0.39 is 34.7 Å². The Morgan fingerprint density at radius 2 is 1.72 bits per heavy atom. The van der Waals surface area contributed by atoms with Gasteiger partial charge in [0, 0.05) is 32.0 Å². The second-order valence-electron chi connectivity index (χ2n) is 13.2. The average molecular weight is 834 g/mol. The van der Waals surface area contributed by atoms with Crippen molar-refractivity contribution in [3.63, 3.8) is 0 Å². The van der Waals surface area contributed by atoms with Gasteiger partial charge >= 0.3 is 12.1 Å². The van der Waals surface area contributed by atoms with Crippen LogP contribution < -0.4 is 16.0 Å². The van der Waals surface area contributed by atoms with Gasteiger partial charge in [0.15, 0.2) is 0 Å². The Hall–Kier alpha value is -4.92. The lowest BCUT2D eigenvalue weighted by Gasteiger charge is -2.30. The van der Waals surface area contributed by atoms with Crippen molar-refractivity contribution < 1.29 is 33.4 Å². The monoisotopic (exact) mass is 832 g/mol. The molecule has 0 saturated carbocycles. The van der Waals surface area contributed by atoms with E-state index in [-0.39, 0.29) is 24.8 Å². The standard InChI is InChI=1S/C40H41BrN4O7S2/c1-6-51-38(49)33-30-18-19-45(39(50)52-40(3,4)5)23-32(30)54-37(33)44-34(46)24(2)53-29-17-11-16-28(22-29)42-36(48)31(21-25-12-10-15-27(41)20-25)43-35(47)26-13-8-7-9-14-26/h7-17,20-22,24H,6,18-19,23H2,1-5H3,(H,42,48)(H,43,47)(H,44,46)/b31-21+. The molecule has 282 valence electrons. The molecule has 0 spiro atoms. The summed E-state index contributed by atoms with van der Waals surface area (Å²) in [6.45, 7) is 9.64. The number of thiophene rings is 1. The van der Waals surface area contributed by atoms with Crippen molar-refractivity contribution in [2.45, 2.75) is 63.3 Å². The molecule has 1 unspecified atom stereocenters. The second kappa shape index (κ2) is 17.9. The van der Waals surface area contributed by atoms with Crippen molar-refractivity contribution >= 4 is 85.6 Å². The number of esters is 1. The van der Waals surface area contributed by atoms with Crippen molar-refractivity contribution in [1.29, 1.82) is 0 Å². The van der Waals surface area contributed by atoms with E-state index in [1.54, 1.807) is 94.1 Å². The van der Waals surface area contributed by atoms with Gasteiger partial charge in [-0.05, 0) is 101 Å². The highest BCUT2D eigenvalue weighted by atomic mass is 79.9. The fourth-order valence-corrected chi connectivity index (χ4v) is 8.01. The lowest BCUT2D eigenvalue weighted by molar-refractivity contribution is -0.115. The number of hydrogen-bond donors (Lipinski definition) is 3. The maximum Gasteiger partial charge on any atom is 0.410 e. The molecule has 3 aromatic carbocycles. The first-order valence-corrected chi connectivity index (χ1v) is 19.7. The third-order valence-electron chi connectivity index (χ3n) is 7.89. The molecule has 0 aliphatic carbocycles. The molecular weight excluding hydrogens is 792 g/mol. The number of hydrogen-bond acceptors (Lipinski definition) is 9. The molecule has 1 aliphatic rings. The van der Waals surface area contributed by atoms with Gasteiger partial charge in [0.1, 0.15) is 16.3 Å². The predicted octanol–water partition coefficient (Wildman–Crippen LogP) is 8.51. The van der Waals surface area contributed by atoms with Gasteiger partial charge < -0.3 is 30.3 Å². The van der Waals surface area contributed by atoms with Crippen LogP contribution in [0.15, 0.2) is 93.9 Å². The summed E-state index contributed by atoms with van der Waals surface area (Å²) in [6.07, 6.45) is 1.56. The maximum absolute atomic E-state index is 13.6. The number of benzene rings is 3. The fourth-order valence-electron chi connectivity index (χ4n) is 5.42. The number of nitrogens with one attached hydrogen (secondary N) is 3. The van der Waals surface area contributed by atoms with Crippen LogP contribution in [0.1, 0.15) is 71.3 Å². The summed E-state index contributed by atoms with van der Waals surface area (Å²) >= 11 is 5.96. The van der Waals surface area contributed by atoms with Crippen LogP contribution in [0.5, 0.6) is 0 Å². The summed E-state index contributed by atoms with van der Waals surface area (Å²) in [7, 11) is 0. The first kappa shape index (κ1) is 40.3. The minimum atomic E-state index is -0.651. The molecule has 0 bridgehead atoms. The summed E-state index contributed by atoms with van der Waals surface area (Å²) < 4.78 is 11.7. The Labute approximate surface area is 331 Å². The molecule has 0 radical (unpaired) electrons. The molecule has 1 aromatic heterocycles. The van der Waals surface area contributed by atoms with Crippen LogP contribution in [0.3, 0.4) is 0 Å². The van der Waals surface area contributed by atoms with Gasteiger partial charge in [-0.25, -0.2) is 9.59 Å². The highest BCUT2D eigenvalue weighted by molar-refractivity contribution is 9.10. The summed E-state index contributed by atoms with van der Waals surface area (Å²) in [5.41, 5.74) is 2.00. The summed E-state index contributed by atoms with van der Waals surface area (Å²) in [6, 6.07) is 23.0. The summed E-state index contributed by atoms with van der Waals surface area (Å²) in [5, 5.41) is 8.29. The molecule has 5 rings (SSSR count). The lowest BCUT2D eigenvalue weighted by atomic mass is 10.0. The third-order valence-corrected chi connectivity index (χ3v) is 10.6. The van der Waals surface area contributed by atoms with Crippen molar-refractivity contribution in [3.05, 3.63) is 116 Å². The number of ether oxygens (including phenoxy) is 2. The predicted molar refractivity (Wildman–Crippen MR) is 216 cm³/mol. The van der Waals surface area contributed by atoms with E-state index in [0.717, 1.165) is 14.9 Å². The molecule has 11 nitrogen and oxygen atoms in total. The van der Waals surface area contributed by atoms with Crippen LogP contribution in [-0.4, -0.2) is 58.7 Å². The maximum atomic E-state index is 13.6. The Morgan fingerprint density at radius 1 is 0.981 bits per heavy atom. The van der Waals surface area contributed by atoms with Gasteiger partial charge in [-0.2, -0.15) is 0 Å². The zero-order valence-corrected chi connectivity index (χ0v) is 33.7. The number of carbonyl (C=O) groups excluding carboxylic acids is 5. The van der Waals surface area contributed by atoms with E-state index in [4.69, 9.17) is 9.47 Å². The van der Waals surface area contributed by atoms with E-state index in [9.17, 15) is 24.0 Å². The minimum absolute atomic E-state index is 0.0398. The van der Waals surface area contributed by atoms with Crippen molar-refractivity contribution in [3.8, 4) is 0 Å². The van der Waals surface area contributed by atoms with Gasteiger partial charge in [-0.3, -0.25) is 14.4 Å². The highest BCUT2D eigenvalue weighted by Crippen LogP contribution is 2.39. The van der Waals surface area contributed by atoms with E-state index in [1.165, 1.54) is 23.1 Å². The number of anilines is 2. The van der Waals surface area contributed by atoms with Crippen LogP contribution >= 0.6 is 39.0 Å². The fraction of sp³-hybridized carbons (Fsp3) is 0.275. The van der Waals surface area contributed by atoms with Crippen LogP contribution in [0.2, 0.25) is 0 Å². The Balaban J connectivity index is 1.29. The second-order valence-corrected chi connectivity index (χ2v) is 16.7. The molecule has 2 heterocycles. The zero-order valence-electron chi connectivity index (χ0n) is 30.5. The van der Waals surface area contributed by atoms with Gasteiger partial charge in [0.2, 0.25) is 5.91 Å². The topological polar surface area (TPSA) is 143 Å². The number of amides is 4. The number of halogens is 1. The van der Waals surface area contributed by atoms with Gasteiger partial charge in [0.25, 0.3) is 11.8 Å². The SMILES string of the molecule is CCOC(=O)c1c(NC(=O)C(C)Sc2cccc(NC(=O)/C(=C\c3cccc(Br)c3)NC(=O)c3ccccc3)c2)sc2c1CCN(C(=O)OC(C)(C)C)C2. The summed E-state index contributed by atoms with van der Waals surface area (Å²) in [4.78, 5) is 69.2. The van der Waals surface area contributed by atoms with E-state index in [1.807, 2.05) is 30.3 Å². The molecule has 0 fully saturated rings. The number of rotatable bonds is 11.